The van der Waals surface area contributed by atoms with Crippen LogP contribution in [0, 0.1) is 6.92 Å². The molecule has 0 atom stereocenters. The van der Waals surface area contributed by atoms with Gasteiger partial charge >= 0.3 is 5.97 Å². The maximum atomic E-state index is 12.0. The number of aromatic amines is 1. The average molecular weight is 271 g/mol. The molecule has 1 aliphatic heterocycles. The Balaban J connectivity index is 1.85. The minimum absolute atomic E-state index is 0.000874. The fourth-order valence-electron chi connectivity index (χ4n) is 1.90. The van der Waals surface area contributed by atoms with Gasteiger partial charge in [-0.15, -0.1) is 0 Å². The quantitative estimate of drug-likeness (QED) is 0.825. The lowest BCUT2D eigenvalue weighted by atomic mass is 10.1. The summed E-state index contributed by atoms with van der Waals surface area (Å²) in [6.45, 7) is 1.71. The smallest absolute Gasteiger partial charge is 0.322 e. The van der Waals surface area contributed by atoms with Gasteiger partial charge in [0.05, 0.1) is 11.1 Å². The molecule has 1 aromatic heterocycles. The summed E-state index contributed by atoms with van der Waals surface area (Å²) in [6, 6.07) is 7.73. The van der Waals surface area contributed by atoms with Crippen molar-refractivity contribution < 1.29 is 19.2 Å². The molecule has 0 saturated carbocycles. The molecule has 7 heteroatoms. The van der Waals surface area contributed by atoms with Crippen molar-refractivity contribution in [2.24, 2.45) is 0 Å². The first kappa shape index (κ1) is 12.1. The number of aryl methyl sites for hydroxylation is 1. The summed E-state index contributed by atoms with van der Waals surface area (Å²) in [5, 5.41) is 6.74. The predicted molar refractivity (Wildman–Crippen MR) is 65.7 cm³/mol. The first-order valence-corrected chi connectivity index (χ1v) is 5.80. The molecule has 0 saturated heterocycles. The molecular weight excluding hydrogens is 262 g/mol. The van der Waals surface area contributed by atoms with Gasteiger partial charge in [0.25, 0.3) is 11.8 Å². The number of carbonyl (C=O) groups excluding carboxylic acids is 3. The van der Waals surface area contributed by atoms with Gasteiger partial charge in [0.15, 0.2) is 5.69 Å². The molecule has 0 aliphatic carbocycles. The highest BCUT2D eigenvalue weighted by Gasteiger charge is 2.39. The van der Waals surface area contributed by atoms with Crippen molar-refractivity contribution in [2.45, 2.75) is 6.92 Å². The van der Waals surface area contributed by atoms with E-state index in [4.69, 9.17) is 4.84 Å². The number of nitrogens with zero attached hydrogens (tertiary/aromatic N) is 2. The van der Waals surface area contributed by atoms with Crippen LogP contribution in [0.5, 0.6) is 0 Å². The Labute approximate surface area is 113 Å². The van der Waals surface area contributed by atoms with Gasteiger partial charge in [-0.2, -0.15) is 5.10 Å². The second kappa shape index (κ2) is 4.30. The predicted octanol–water partition coefficient (Wildman–Crippen LogP) is 1.09. The van der Waals surface area contributed by atoms with Crippen LogP contribution in [0.4, 0.5) is 0 Å². The van der Waals surface area contributed by atoms with E-state index in [1.807, 2.05) is 0 Å². The molecule has 0 radical (unpaired) electrons. The lowest BCUT2D eigenvalue weighted by molar-refractivity contribution is -0.0588. The summed E-state index contributed by atoms with van der Waals surface area (Å²) < 4.78 is 0. The third kappa shape index (κ3) is 1.76. The van der Waals surface area contributed by atoms with E-state index in [-0.39, 0.29) is 16.8 Å². The van der Waals surface area contributed by atoms with Crippen LogP contribution in [-0.2, 0) is 4.84 Å². The second-order valence-electron chi connectivity index (χ2n) is 4.27. The van der Waals surface area contributed by atoms with Gasteiger partial charge in [-0.1, -0.05) is 17.2 Å². The zero-order chi connectivity index (χ0) is 14.3. The molecule has 20 heavy (non-hydrogen) atoms. The van der Waals surface area contributed by atoms with E-state index in [1.54, 1.807) is 19.1 Å². The number of rotatable bonds is 2. The van der Waals surface area contributed by atoms with Gasteiger partial charge in [-0.3, -0.25) is 14.7 Å². The number of nitrogens with one attached hydrogen (secondary N) is 1. The number of carbonyl (C=O) groups is 3. The van der Waals surface area contributed by atoms with Crippen LogP contribution in [0.1, 0.15) is 36.9 Å². The van der Waals surface area contributed by atoms with Gasteiger partial charge in [0, 0.05) is 5.69 Å². The third-order valence-corrected chi connectivity index (χ3v) is 2.85. The van der Waals surface area contributed by atoms with E-state index in [1.165, 1.54) is 18.2 Å². The molecule has 1 aromatic carbocycles. The van der Waals surface area contributed by atoms with Crippen molar-refractivity contribution in [3.8, 4) is 0 Å². The minimum atomic E-state index is -0.871. The summed E-state index contributed by atoms with van der Waals surface area (Å²) in [7, 11) is 0. The number of imide groups is 1. The van der Waals surface area contributed by atoms with E-state index < -0.39 is 17.8 Å². The first-order valence-electron chi connectivity index (χ1n) is 5.80. The van der Waals surface area contributed by atoms with Gasteiger partial charge < -0.3 is 4.84 Å². The fourth-order valence-corrected chi connectivity index (χ4v) is 1.90. The van der Waals surface area contributed by atoms with Crippen LogP contribution in [0.15, 0.2) is 30.3 Å². The molecule has 2 aromatic rings. The van der Waals surface area contributed by atoms with Gasteiger partial charge in [-0.05, 0) is 25.1 Å². The van der Waals surface area contributed by atoms with E-state index in [9.17, 15) is 14.4 Å². The normalized spacial score (nSPS) is 13.6. The topological polar surface area (TPSA) is 92.4 Å². The number of hydrogen-bond donors (Lipinski definition) is 1. The Bertz CT molecular complexity index is 700. The Kier molecular flexibility index (Phi) is 2.60. The third-order valence-electron chi connectivity index (χ3n) is 2.85. The lowest BCUT2D eigenvalue weighted by Crippen LogP contribution is -2.32. The van der Waals surface area contributed by atoms with Crippen LogP contribution < -0.4 is 0 Å². The molecule has 2 amide bonds. The highest BCUT2D eigenvalue weighted by atomic mass is 16.7. The molecule has 0 unspecified atom stereocenters. The standard InChI is InChI=1S/C13H9N3O4/c1-7-6-10(15-14-7)13(19)20-16-11(17)8-4-2-3-5-9(8)12(16)18/h2-6H,1H3,(H,14,15). The summed E-state index contributed by atoms with van der Waals surface area (Å²) in [5.41, 5.74) is 1.09. The van der Waals surface area contributed by atoms with Crippen molar-refractivity contribution in [3.63, 3.8) is 0 Å². The van der Waals surface area contributed by atoms with Crippen LogP contribution >= 0.6 is 0 Å². The van der Waals surface area contributed by atoms with Crippen molar-refractivity contribution in [1.29, 1.82) is 0 Å². The Hall–Kier alpha value is -2.96. The maximum Gasteiger partial charge on any atom is 0.384 e. The summed E-state index contributed by atoms with van der Waals surface area (Å²) >= 11 is 0. The molecule has 1 aliphatic rings. The Morgan fingerprint density at radius 3 is 2.30 bits per heavy atom. The number of aromatic nitrogens is 2. The fraction of sp³-hybridized carbons (Fsp3) is 0.0769. The highest BCUT2D eigenvalue weighted by Crippen LogP contribution is 2.23. The number of hydroxylamine groups is 2. The van der Waals surface area contributed by atoms with Crippen molar-refractivity contribution in [3.05, 3.63) is 52.8 Å². The van der Waals surface area contributed by atoms with E-state index in [0.29, 0.717) is 10.8 Å². The molecule has 7 nitrogen and oxygen atoms in total. The first-order chi connectivity index (χ1) is 9.58. The van der Waals surface area contributed by atoms with E-state index >= 15 is 0 Å². The number of fused-ring (bicyclic) bond motifs is 1. The molecule has 100 valence electrons. The van der Waals surface area contributed by atoms with Crippen LogP contribution in [0.3, 0.4) is 0 Å². The summed E-state index contributed by atoms with van der Waals surface area (Å²) in [6.07, 6.45) is 0. The van der Waals surface area contributed by atoms with Gasteiger partial charge in [0.1, 0.15) is 0 Å². The molecule has 1 N–H and O–H groups in total. The Morgan fingerprint density at radius 2 is 1.80 bits per heavy atom. The molecule has 0 fully saturated rings. The van der Waals surface area contributed by atoms with Crippen LogP contribution in [0.25, 0.3) is 0 Å². The molecule has 2 heterocycles. The van der Waals surface area contributed by atoms with E-state index in [2.05, 4.69) is 10.2 Å². The molecule has 0 bridgehead atoms. The minimum Gasteiger partial charge on any atom is -0.322 e. The number of H-pyrrole nitrogens is 1. The summed E-state index contributed by atoms with van der Waals surface area (Å²) in [5.74, 6) is -2.19. The van der Waals surface area contributed by atoms with Crippen molar-refractivity contribution in [1.82, 2.24) is 15.3 Å². The average Bonchev–Trinajstić information content (AvgIpc) is 2.98. The van der Waals surface area contributed by atoms with Gasteiger partial charge in [-0.25, -0.2) is 4.79 Å². The highest BCUT2D eigenvalue weighted by molar-refractivity contribution is 6.21. The zero-order valence-electron chi connectivity index (χ0n) is 10.4. The Morgan fingerprint density at radius 1 is 1.20 bits per heavy atom. The lowest BCUT2D eigenvalue weighted by Gasteiger charge is -2.11. The van der Waals surface area contributed by atoms with Gasteiger partial charge in [0.2, 0.25) is 0 Å². The SMILES string of the molecule is Cc1cc(C(=O)ON2C(=O)c3ccccc3C2=O)n[nH]1. The zero-order valence-corrected chi connectivity index (χ0v) is 10.4. The van der Waals surface area contributed by atoms with Crippen molar-refractivity contribution >= 4 is 17.8 Å². The molecule has 0 spiro atoms. The van der Waals surface area contributed by atoms with Crippen molar-refractivity contribution in [2.75, 3.05) is 0 Å². The summed E-state index contributed by atoms with van der Waals surface area (Å²) in [4.78, 5) is 40.6. The van der Waals surface area contributed by atoms with Crippen LogP contribution in [-0.4, -0.2) is 33.0 Å². The number of benzene rings is 1. The maximum absolute atomic E-state index is 12.0. The second-order valence-corrected chi connectivity index (χ2v) is 4.27. The van der Waals surface area contributed by atoms with Crippen LogP contribution in [0.2, 0.25) is 0 Å². The number of hydrogen-bond acceptors (Lipinski definition) is 5. The number of amides is 2. The monoisotopic (exact) mass is 271 g/mol. The molecule has 3 rings (SSSR count). The molecular formula is C13H9N3O4. The van der Waals surface area contributed by atoms with E-state index in [0.717, 1.165) is 0 Å². The largest absolute Gasteiger partial charge is 0.384 e.